The predicted molar refractivity (Wildman–Crippen MR) is 121 cm³/mol. The van der Waals surface area contributed by atoms with Crippen LogP contribution in [0, 0.1) is 5.82 Å². The molecular formula is C25H21FN2O6. The van der Waals surface area contributed by atoms with E-state index < -0.39 is 42.0 Å². The van der Waals surface area contributed by atoms with E-state index in [1.165, 1.54) is 6.07 Å². The summed E-state index contributed by atoms with van der Waals surface area (Å²) in [6.07, 6.45) is -2.60. The van der Waals surface area contributed by atoms with Gasteiger partial charge in [0.1, 0.15) is 12.4 Å². The van der Waals surface area contributed by atoms with E-state index in [0.717, 1.165) is 34.4 Å². The topological polar surface area (TPSA) is 125 Å². The minimum atomic E-state index is -1.82. The summed E-state index contributed by atoms with van der Waals surface area (Å²) in [5.74, 6) is -3.46. The first-order valence-corrected chi connectivity index (χ1v) is 10.5. The normalized spacial score (nSPS) is 12.9. The van der Waals surface area contributed by atoms with E-state index in [4.69, 9.17) is 9.84 Å². The number of ether oxygens (including phenoxy) is 1. The van der Waals surface area contributed by atoms with Crippen LogP contribution in [-0.4, -0.2) is 47.4 Å². The molecule has 8 nitrogen and oxygen atoms in total. The highest BCUT2D eigenvalue weighted by molar-refractivity contribution is 5.96. The number of hydrogen-bond acceptors (Lipinski definition) is 5. The highest BCUT2D eigenvalue weighted by Gasteiger charge is 2.29. The summed E-state index contributed by atoms with van der Waals surface area (Å²) in [6.45, 7) is -0.515. The largest absolute Gasteiger partial charge is 0.479 e. The average molecular weight is 464 g/mol. The van der Waals surface area contributed by atoms with Crippen molar-refractivity contribution in [3.05, 3.63) is 89.2 Å². The molecule has 0 spiro atoms. The number of aliphatic carboxylic acids is 1. The Balaban J connectivity index is 1.41. The number of carboxylic acid groups (broad SMARTS) is 1. The van der Waals surface area contributed by atoms with Gasteiger partial charge in [-0.1, -0.05) is 48.5 Å². The minimum Gasteiger partial charge on any atom is -0.479 e. The fourth-order valence-electron chi connectivity index (χ4n) is 3.90. The molecule has 0 radical (unpaired) electrons. The number of aliphatic hydroxyl groups is 1. The smallest absolute Gasteiger partial charge is 0.411 e. The standard InChI is InChI=1S/C25H21FN2O6/c26-21-10-9-14(11-19(21)23(30)27-12-22(29)24(31)32)28-25(33)34-13-20-17-7-3-1-5-15(17)16-6-2-4-8-18(16)20/h1-11,20,22,29H,12-13H2,(H,27,30)(H,28,33)(H,31,32)/t22-/m0/s1. The second kappa shape index (κ2) is 9.72. The average Bonchev–Trinajstić information content (AvgIpc) is 3.16. The third-order valence-corrected chi connectivity index (χ3v) is 5.54. The summed E-state index contributed by atoms with van der Waals surface area (Å²) in [5, 5.41) is 22.5. The molecule has 2 amide bonds. The van der Waals surface area contributed by atoms with Gasteiger partial charge in [0, 0.05) is 11.6 Å². The molecule has 1 atom stereocenters. The fraction of sp³-hybridized carbons (Fsp3) is 0.160. The van der Waals surface area contributed by atoms with E-state index in [1.54, 1.807) is 0 Å². The molecule has 0 saturated carbocycles. The van der Waals surface area contributed by atoms with Crippen LogP contribution in [0.15, 0.2) is 66.7 Å². The van der Waals surface area contributed by atoms with Gasteiger partial charge in [0.15, 0.2) is 6.10 Å². The second-order valence-electron chi connectivity index (χ2n) is 7.71. The second-order valence-corrected chi connectivity index (χ2v) is 7.71. The quantitative estimate of drug-likeness (QED) is 0.425. The zero-order valence-electron chi connectivity index (χ0n) is 17.8. The van der Waals surface area contributed by atoms with E-state index in [0.29, 0.717) is 0 Å². The van der Waals surface area contributed by atoms with Gasteiger partial charge in [-0.25, -0.2) is 14.0 Å². The molecule has 3 aromatic rings. The molecule has 0 aliphatic heterocycles. The van der Waals surface area contributed by atoms with Crippen molar-refractivity contribution in [1.29, 1.82) is 0 Å². The van der Waals surface area contributed by atoms with Crippen molar-refractivity contribution >= 4 is 23.7 Å². The Kier molecular flexibility index (Phi) is 6.55. The zero-order valence-corrected chi connectivity index (χ0v) is 17.8. The van der Waals surface area contributed by atoms with Gasteiger partial charge in [0.25, 0.3) is 5.91 Å². The molecular weight excluding hydrogens is 443 g/mol. The Hall–Kier alpha value is -4.24. The van der Waals surface area contributed by atoms with Crippen molar-refractivity contribution in [1.82, 2.24) is 5.32 Å². The third kappa shape index (κ3) is 4.74. The minimum absolute atomic E-state index is 0.0848. The number of rotatable bonds is 7. The summed E-state index contributed by atoms with van der Waals surface area (Å²) in [6, 6.07) is 19.1. The molecule has 9 heteroatoms. The summed E-state index contributed by atoms with van der Waals surface area (Å²) in [7, 11) is 0. The highest BCUT2D eigenvalue weighted by Crippen LogP contribution is 2.44. The molecule has 4 rings (SSSR count). The molecule has 0 unspecified atom stereocenters. The number of aliphatic hydroxyl groups excluding tert-OH is 1. The molecule has 0 bridgehead atoms. The Labute approximate surface area is 194 Å². The van der Waals surface area contributed by atoms with Crippen LogP contribution >= 0.6 is 0 Å². The molecule has 0 aromatic heterocycles. The lowest BCUT2D eigenvalue weighted by Gasteiger charge is -2.15. The molecule has 174 valence electrons. The van der Waals surface area contributed by atoms with Crippen LogP contribution in [0.25, 0.3) is 11.1 Å². The summed E-state index contributed by atoms with van der Waals surface area (Å²) < 4.78 is 19.5. The van der Waals surface area contributed by atoms with Crippen LogP contribution in [0.3, 0.4) is 0 Å². The number of nitrogens with one attached hydrogen (secondary N) is 2. The van der Waals surface area contributed by atoms with Crippen LogP contribution in [0.2, 0.25) is 0 Å². The Morgan fingerprint density at radius 2 is 1.59 bits per heavy atom. The number of fused-ring (bicyclic) bond motifs is 3. The maximum atomic E-state index is 14.1. The maximum Gasteiger partial charge on any atom is 0.411 e. The number of halogens is 1. The molecule has 0 fully saturated rings. The summed E-state index contributed by atoms with van der Waals surface area (Å²) in [4.78, 5) is 35.2. The lowest BCUT2D eigenvalue weighted by molar-refractivity contribution is -0.146. The van der Waals surface area contributed by atoms with Gasteiger partial charge in [-0.05, 0) is 40.5 Å². The van der Waals surface area contributed by atoms with Gasteiger partial charge >= 0.3 is 12.1 Å². The number of carbonyl (C=O) groups excluding carboxylic acids is 2. The number of benzene rings is 3. The van der Waals surface area contributed by atoms with E-state index in [-0.39, 0.29) is 18.2 Å². The Morgan fingerprint density at radius 3 is 2.21 bits per heavy atom. The lowest BCUT2D eigenvalue weighted by atomic mass is 9.98. The van der Waals surface area contributed by atoms with Crippen LogP contribution in [0.1, 0.15) is 27.4 Å². The van der Waals surface area contributed by atoms with E-state index in [2.05, 4.69) is 10.6 Å². The van der Waals surface area contributed by atoms with Crippen molar-refractivity contribution in [2.45, 2.75) is 12.0 Å². The van der Waals surface area contributed by atoms with Gasteiger partial charge in [0.2, 0.25) is 0 Å². The summed E-state index contributed by atoms with van der Waals surface area (Å²) >= 11 is 0. The molecule has 4 N–H and O–H groups in total. The van der Waals surface area contributed by atoms with Gasteiger partial charge in [0.05, 0.1) is 12.1 Å². The Bertz CT molecular complexity index is 1220. The van der Waals surface area contributed by atoms with Crippen LogP contribution in [0.5, 0.6) is 0 Å². The number of hydrogen-bond donors (Lipinski definition) is 4. The van der Waals surface area contributed by atoms with Crippen molar-refractivity contribution < 1.29 is 33.7 Å². The van der Waals surface area contributed by atoms with Gasteiger partial charge in [-0.3, -0.25) is 10.1 Å². The number of carbonyl (C=O) groups is 3. The van der Waals surface area contributed by atoms with Crippen LogP contribution in [-0.2, 0) is 9.53 Å². The molecule has 34 heavy (non-hydrogen) atoms. The molecule has 0 heterocycles. The number of anilines is 1. The van der Waals surface area contributed by atoms with E-state index in [1.807, 2.05) is 48.5 Å². The number of carboxylic acids is 1. The van der Waals surface area contributed by atoms with Crippen molar-refractivity contribution in [2.24, 2.45) is 0 Å². The lowest BCUT2D eigenvalue weighted by Crippen LogP contribution is -2.36. The van der Waals surface area contributed by atoms with Gasteiger partial charge in [-0.15, -0.1) is 0 Å². The van der Waals surface area contributed by atoms with Crippen molar-refractivity contribution in [3.63, 3.8) is 0 Å². The van der Waals surface area contributed by atoms with E-state index >= 15 is 0 Å². The molecule has 0 saturated heterocycles. The Morgan fingerprint density at radius 1 is 0.971 bits per heavy atom. The first-order chi connectivity index (χ1) is 16.3. The number of amides is 2. The molecule has 1 aliphatic carbocycles. The van der Waals surface area contributed by atoms with Crippen molar-refractivity contribution in [2.75, 3.05) is 18.5 Å². The highest BCUT2D eigenvalue weighted by atomic mass is 19.1. The van der Waals surface area contributed by atoms with Gasteiger partial charge < -0.3 is 20.3 Å². The summed E-state index contributed by atoms with van der Waals surface area (Å²) in [5.41, 5.74) is 3.99. The van der Waals surface area contributed by atoms with Crippen LogP contribution < -0.4 is 10.6 Å². The third-order valence-electron chi connectivity index (χ3n) is 5.54. The molecule has 1 aliphatic rings. The SMILES string of the molecule is O=C(Nc1ccc(F)c(C(=O)NC[C@H](O)C(=O)O)c1)OCC1c2ccccc2-c2ccccc21. The van der Waals surface area contributed by atoms with Gasteiger partial charge in [-0.2, -0.15) is 0 Å². The van der Waals surface area contributed by atoms with Crippen molar-refractivity contribution in [3.8, 4) is 11.1 Å². The zero-order chi connectivity index (χ0) is 24.2. The first-order valence-electron chi connectivity index (χ1n) is 10.5. The van der Waals surface area contributed by atoms with E-state index in [9.17, 15) is 23.9 Å². The monoisotopic (exact) mass is 464 g/mol. The van der Waals surface area contributed by atoms with Crippen LogP contribution in [0.4, 0.5) is 14.9 Å². The maximum absolute atomic E-state index is 14.1. The molecule has 3 aromatic carbocycles. The predicted octanol–water partition coefficient (Wildman–Crippen LogP) is 3.36. The first kappa shape index (κ1) is 22.9. The fourth-order valence-corrected chi connectivity index (χ4v) is 3.90.